The lowest BCUT2D eigenvalue weighted by molar-refractivity contribution is -0.144. The highest BCUT2D eigenvalue weighted by Crippen LogP contribution is 2.33. The zero-order valence-corrected chi connectivity index (χ0v) is 6.87. The molecule has 1 aliphatic heterocycles. The molecule has 1 N–H and O–H groups in total. The van der Waals surface area contributed by atoms with Crippen LogP contribution in [0.3, 0.4) is 0 Å². The Kier molecular flexibility index (Phi) is 1.65. The Bertz CT molecular complexity index is 238. The monoisotopic (exact) mass is 169 g/mol. The molecule has 0 aromatic heterocycles. The third-order valence-corrected chi connectivity index (χ3v) is 2.70. The minimum absolute atomic E-state index is 0.0842. The SMILES string of the molecule is COC(=O)[C@@H]1N[C@@H]2C[C@H]1CC2=O. The molecule has 66 valence electrons. The smallest absolute Gasteiger partial charge is 0.323 e. The number of hydrogen-bond acceptors (Lipinski definition) is 4. The fraction of sp³-hybridized carbons (Fsp3) is 0.750. The predicted molar refractivity (Wildman–Crippen MR) is 40.5 cm³/mol. The molecule has 1 aliphatic carbocycles. The van der Waals surface area contributed by atoms with E-state index in [1.54, 1.807) is 0 Å². The van der Waals surface area contributed by atoms with E-state index in [1.807, 2.05) is 0 Å². The fourth-order valence-corrected chi connectivity index (χ4v) is 2.07. The number of Topliss-reactive ketones (excluding diaryl/α,β-unsaturated/α-hetero) is 1. The van der Waals surface area contributed by atoms with Crippen molar-refractivity contribution in [2.45, 2.75) is 24.9 Å². The Labute approximate surface area is 70.3 Å². The average molecular weight is 169 g/mol. The van der Waals surface area contributed by atoms with Crippen LogP contribution < -0.4 is 5.32 Å². The summed E-state index contributed by atoms with van der Waals surface area (Å²) in [5.74, 6) is 0.171. The number of ether oxygens (including phenoxy) is 1. The molecule has 1 saturated carbocycles. The Balaban J connectivity index is 2.07. The van der Waals surface area contributed by atoms with Gasteiger partial charge in [0.2, 0.25) is 0 Å². The number of methoxy groups -OCH3 is 1. The van der Waals surface area contributed by atoms with Crippen molar-refractivity contribution in [1.82, 2.24) is 5.32 Å². The van der Waals surface area contributed by atoms with Gasteiger partial charge in [0.15, 0.2) is 0 Å². The Hall–Kier alpha value is -0.900. The van der Waals surface area contributed by atoms with Gasteiger partial charge in [-0.15, -0.1) is 0 Å². The van der Waals surface area contributed by atoms with Crippen LogP contribution in [-0.4, -0.2) is 30.9 Å². The van der Waals surface area contributed by atoms with E-state index in [2.05, 4.69) is 10.1 Å². The molecular weight excluding hydrogens is 158 g/mol. The van der Waals surface area contributed by atoms with E-state index >= 15 is 0 Å². The average Bonchev–Trinajstić information content (AvgIpc) is 2.60. The number of hydrogen-bond donors (Lipinski definition) is 1. The molecule has 0 aromatic rings. The summed E-state index contributed by atoms with van der Waals surface area (Å²) in [4.78, 5) is 22.2. The van der Waals surface area contributed by atoms with Gasteiger partial charge in [-0.3, -0.25) is 14.9 Å². The summed E-state index contributed by atoms with van der Waals surface area (Å²) in [6, 6.07) is -0.322. The number of fused-ring (bicyclic) bond motifs is 2. The van der Waals surface area contributed by atoms with Gasteiger partial charge in [-0.2, -0.15) is 0 Å². The number of carbonyl (C=O) groups excluding carboxylic acids is 2. The predicted octanol–water partition coefficient (Wildman–Crippen LogP) is -0.521. The van der Waals surface area contributed by atoms with Crippen LogP contribution in [-0.2, 0) is 14.3 Å². The summed E-state index contributed by atoms with van der Waals surface area (Å²) in [6.45, 7) is 0. The highest BCUT2D eigenvalue weighted by molar-refractivity contribution is 5.91. The second-order valence-electron chi connectivity index (χ2n) is 3.39. The highest BCUT2D eigenvalue weighted by Gasteiger charge is 2.48. The molecule has 2 bridgehead atoms. The first-order chi connectivity index (χ1) is 5.72. The van der Waals surface area contributed by atoms with Crippen LogP contribution in [0.5, 0.6) is 0 Å². The largest absolute Gasteiger partial charge is 0.468 e. The molecule has 2 aliphatic rings. The fourth-order valence-electron chi connectivity index (χ4n) is 2.07. The van der Waals surface area contributed by atoms with Crippen LogP contribution in [0.4, 0.5) is 0 Å². The molecule has 2 fully saturated rings. The molecule has 3 atom stereocenters. The van der Waals surface area contributed by atoms with E-state index in [0.717, 1.165) is 6.42 Å². The summed E-state index contributed by atoms with van der Waals surface area (Å²) < 4.78 is 4.61. The molecule has 12 heavy (non-hydrogen) atoms. The van der Waals surface area contributed by atoms with Crippen molar-refractivity contribution in [1.29, 1.82) is 0 Å². The maximum atomic E-state index is 11.1. The van der Waals surface area contributed by atoms with Crippen molar-refractivity contribution in [2.75, 3.05) is 7.11 Å². The van der Waals surface area contributed by atoms with Gasteiger partial charge in [-0.05, 0) is 12.3 Å². The third kappa shape index (κ3) is 0.948. The van der Waals surface area contributed by atoms with Crippen LogP contribution in [0.1, 0.15) is 12.8 Å². The molecule has 2 rings (SSSR count). The van der Waals surface area contributed by atoms with Gasteiger partial charge in [0.1, 0.15) is 11.8 Å². The summed E-state index contributed by atoms with van der Waals surface area (Å²) in [7, 11) is 1.37. The summed E-state index contributed by atoms with van der Waals surface area (Å²) in [5.41, 5.74) is 0. The van der Waals surface area contributed by atoms with Gasteiger partial charge in [0.05, 0.1) is 13.2 Å². The molecule has 0 amide bonds. The number of ketones is 1. The van der Waals surface area contributed by atoms with Gasteiger partial charge in [-0.25, -0.2) is 0 Å². The van der Waals surface area contributed by atoms with E-state index in [9.17, 15) is 9.59 Å². The quantitative estimate of drug-likeness (QED) is 0.536. The molecule has 4 heteroatoms. The first kappa shape index (κ1) is 7.73. The standard InChI is InChI=1S/C8H11NO3/c1-12-8(11)7-4-2-5(9-7)6(10)3-4/h4-5,7,9H,2-3H2,1H3/t4-,5+,7+/m0/s1. The molecule has 4 nitrogen and oxygen atoms in total. The van der Waals surface area contributed by atoms with Crippen LogP contribution in [0.2, 0.25) is 0 Å². The van der Waals surface area contributed by atoms with E-state index in [1.165, 1.54) is 7.11 Å². The number of piperidine rings is 1. The number of esters is 1. The summed E-state index contributed by atoms with van der Waals surface area (Å²) >= 11 is 0. The van der Waals surface area contributed by atoms with Crippen molar-refractivity contribution < 1.29 is 14.3 Å². The third-order valence-electron chi connectivity index (χ3n) is 2.70. The second-order valence-corrected chi connectivity index (χ2v) is 3.39. The van der Waals surface area contributed by atoms with Crippen LogP contribution in [0, 0.1) is 5.92 Å². The zero-order chi connectivity index (χ0) is 8.72. The molecular formula is C8H11NO3. The molecule has 1 saturated heterocycles. The Morgan fingerprint density at radius 3 is 2.83 bits per heavy atom. The summed E-state index contributed by atoms with van der Waals surface area (Å²) in [6.07, 6.45) is 1.34. The molecule has 0 aromatic carbocycles. The van der Waals surface area contributed by atoms with Gasteiger partial charge < -0.3 is 4.74 Å². The minimum Gasteiger partial charge on any atom is -0.468 e. The maximum Gasteiger partial charge on any atom is 0.323 e. The molecule has 0 unspecified atom stereocenters. The number of rotatable bonds is 1. The van der Waals surface area contributed by atoms with Crippen molar-refractivity contribution >= 4 is 11.8 Å². The van der Waals surface area contributed by atoms with E-state index in [4.69, 9.17) is 0 Å². The molecule has 0 spiro atoms. The lowest BCUT2D eigenvalue weighted by Crippen LogP contribution is -2.46. The highest BCUT2D eigenvalue weighted by atomic mass is 16.5. The lowest BCUT2D eigenvalue weighted by Gasteiger charge is -2.19. The van der Waals surface area contributed by atoms with Crippen LogP contribution >= 0.6 is 0 Å². The number of nitrogens with one attached hydrogen (secondary N) is 1. The van der Waals surface area contributed by atoms with Gasteiger partial charge in [0, 0.05) is 6.42 Å². The minimum atomic E-state index is -0.241. The Morgan fingerprint density at radius 1 is 1.67 bits per heavy atom. The zero-order valence-electron chi connectivity index (χ0n) is 6.87. The topological polar surface area (TPSA) is 55.4 Å². The van der Waals surface area contributed by atoms with Gasteiger partial charge in [0.25, 0.3) is 0 Å². The van der Waals surface area contributed by atoms with Crippen molar-refractivity contribution in [2.24, 2.45) is 5.92 Å². The maximum absolute atomic E-state index is 11.1. The normalized spacial score (nSPS) is 38.8. The van der Waals surface area contributed by atoms with Crippen LogP contribution in [0.25, 0.3) is 0 Å². The van der Waals surface area contributed by atoms with Gasteiger partial charge >= 0.3 is 5.97 Å². The first-order valence-electron chi connectivity index (χ1n) is 4.09. The van der Waals surface area contributed by atoms with Crippen molar-refractivity contribution in [3.63, 3.8) is 0 Å². The first-order valence-corrected chi connectivity index (χ1v) is 4.09. The van der Waals surface area contributed by atoms with E-state index in [-0.39, 0.29) is 29.8 Å². The molecule has 1 heterocycles. The summed E-state index contributed by atoms with van der Waals surface area (Å²) in [5, 5.41) is 2.97. The second kappa shape index (κ2) is 2.55. The van der Waals surface area contributed by atoms with Gasteiger partial charge in [-0.1, -0.05) is 0 Å². The van der Waals surface area contributed by atoms with E-state index < -0.39 is 0 Å². The lowest BCUT2D eigenvalue weighted by atomic mass is 10.00. The Morgan fingerprint density at radius 2 is 2.42 bits per heavy atom. The van der Waals surface area contributed by atoms with Crippen molar-refractivity contribution in [3.8, 4) is 0 Å². The number of carbonyl (C=O) groups is 2. The molecule has 0 radical (unpaired) electrons. The van der Waals surface area contributed by atoms with Crippen LogP contribution in [0.15, 0.2) is 0 Å². The van der Waals surface area contributed by atoms with Crippen molar-refractivity contribution in [3.05, 3.63) is 0 Å². The van der Waals surface area contributed by atoms with E-state index in [0.29, 0.717) is 6.42 Å².